The molecular formula is C19H26IN3O9. The number of rotatable bonds is 8. The monoisotopic (exact) mass is 567 g/mol. The van der Waals surface area contributed by atoms with Gasteiger partial charge in [0.15, 0.2) is 24.3 Å². The number of hydrogen-bond donors (Lipinski definition) is 1. The van der Waals surface area contributed by atoms with Crippen LogP contribution in [0.4, 0.5) is 10.6 Å². The SMILES string of the molecule is CCOC(C)COC(=O)Nc1nc(=O)n([C@@H]2O[C@H](C)[C@@H](OC(C)=O)[C@H]2OC(C)=O)cc1I. The maximum absolute atomic E-state index is 12.7. The molecule has 1 saturated heterocycles. The molecule has 0 aromatic carbocycles. The minimum atomic E-state index is -1.08. The molecule has 0 saturated carbocycles. The van der Waals surface area contributed by atoms with Crippen molar-refractivity contribution >= 4 is 46.4 Å². The largest absolute Gasteiger partial charge is 0.456 e. The van der Waals surface area contributed by atoms with Gasteiger partial charge in [-0.3, -0.25) is 19.5 Å². The van der Waals surface area contributed by atoms with Gasteiger partial charge in [-0.25, -0.2) is 9.59 Å². The van der Waals surface area contributed by atoms with E-state index in [1.165, 1.54) is 20.0 Å². The van der Waals surface area contributed by atoms with Crippen LogP contribution in [-0.4, -0.2) is 65.2 Å². The van der Waals surface area contributed by atoms with Gasteiger partial charge in [-0.05, 0) is 43.4 Å². The number of carbonyl (C=O) groups excluding carboxylic acids is 3. The van der Waals surface area contributed by atoms with Crippen LogP contribution >= 0.6 is 22.6 Å². The van der Waals surface area contributed by atoms with Crippen LogP contribution in [0.15, 0.2) is 11.0 Å². The molecule has 0 radical (unpaired) electrons. The fourth-order valence-electron chi connectivity index (χ4n) is 3.07. The second-order valence-corrected chi connectivity index (χ2v) is 8.16. The van der Waals surface area contributed by atoms with Crippen LogP contribution in [0, 0.1) is 3.57 Å². The molecule has 1 N–H and O–H groups in total. The van der Waals surface area contributed by atoms with Crippen molar-refractivity contribution in [3.63, 3.8) is 0 Å². The van der Waals surface area contributed by atoms with Crippen molar-refractivity contribution < 1.29 is 38.1 Å². The number of nitrogens with one attached hydrogen (secondary N) is 1. The average molecular weight is 567 g/mol. The third-order valence-electron chi connectivity index (χ3n) is 4.33. The highest BCUT2D eigenvalue weighted by molar-refractivity contribution is 14.1. The van der Waals surface area contributed by atoms with E-state index in [2.05, 4.69) is 10.3 Å². The van der Waals surface area contributed by atoms with Crippen LogP contribution in [0.3, 0.4) is 0 Å². The summed E-state index contributed by atoms with van der Waals surface area (Å²) >= 11 is 1.87. The summed E-state index contributed by atoms with van der Waals surface area (Å²) in [6.07, 6.45) is -3.40. The minimum Gasteiger partial charge on any atom is -0.456 e. The van der Waals surface area contributed by atoms with Crippen LogP contribution in [-0.2, 0) is 33.3 Å². The first kappa shape index (κ1) is 26.0. The van der Waals surface area contributed by atoms with Gasteiger partial charge in [0.1, 0.15) is 6.61 Å². The predicted molar refractivity (Wildman–Crippen MR) is 118 cm³/mol. The van der Waals surface area contributed by atoms with Gasteiger partial charge in [0.05, 0.1) is 15.8 Å². The molecule has 1 aliphatic heterocycles. The third kappa shape index (κ3) is 6.87. The van der Waals surface area contributed by atoms with E-state index in [1.807, 2.05) is 29.5 Å². The van der Waals surface area contributed by atoms with Crippen LogP contribution in [0.2, 0.25) is 0 Å². The molecule has 1 aromatic heterocycles. The zero-order chi connectivity index (χ0) is 24.0. The Bertz CT molecular complexity index is 907. The van der Waals surface area contributed by atoms with E-state index in [1.54, 1.807) is 13.8 Å². The lowest BCUT2D eigenvalue weighted by Gasteiger charge is -2.23. The highest BCUT2D eigenvalue weighted by Crippen LogP contribution is 2.33. The lowest BCUT2D eigenvalue weighted by Crippen LogP contribution is -2.40. The quantitative estimate of drug-likeness (QED) is 0.280. The smallest absolute Gasteiger partial charge is 0.412 e. The molecule has 1 unspecified atom stereocenters. The highest BCUT2D eigenvalue weighted by Gasteiger charge is 2.48. The first-order valence-corrected chi connectivity index (χ1v) is 10.9. The Kier molecular flexibility index (Phi) is 9.39. The van der Waals surface area contributed by atoms with Gasteiger partial charge < -0.3 is 23.7 Å². The van der Waals surface area contributed by atoms with E-state index < -0.39 is 48.3 Å². The van der Waals surface area contributed by atoms with Crippen molar-refractivity contribution in [1.82, 2.24) is 9.55 Å². The molecule has 2 rings (SSSR count). The van der Waals surface area contributed by atoms with E-state index in [9.17, 15) is 19.2 Å². The second kappa shape index (κ2) is 11.6. The van der Waals surface area contributed by atoms with Crippen molar-refractivity contribution in [1.29, 1.82) is 0 Å². The number of amides is 1. The Morgan fingerprint density at radius 1 is 1.25 bits per heavy atom. The Balaban J connectivity index is 2.22. The van der Waals surface area contributed by atoms with E-state index in [4.69, 9.17) is 23.7 Å². The molecule has 1 aliphatic rings. The molecular weight excluding hydrogens is 541 g/mol. The summed E-state index contributed by atoms with van der Waals surface area (Å²) in [4.78, 5) is 51.6. The molecule has 1 fully saturated rings. The van der Waals surface area contributed by atoms with E-state index in [0.717, 1.165) is 4.57 Å². The number of anilines is 1. The fourth-order valence-corrected chi connectivity index (χ4v) is 3.63. The van der Waals surface area contributed by atoms with Gasteiger partial charge in [0, 0.05) is 26.7 Å². The van der Waals surface area contributed by atoms with Crippen LogP contribution in [0.5, 0.6) is 0 Å². The second-order valence-electron chi connectivity index (χ2n) is 7.00. The molecule has 13 heteroatoms. The number of esters is 2. The van der Waals surface area contributed by atoms with Crippen molar-refractivity contribution in [2.45, 2.75) is 65.3 Å². The van der Waals surface area contributed by atoms with Crippen molar-refractivity contribution in [3.8, 4) is 0 Å². The Morgan fingerprint density at radius 2 is 1.88 bits per heavy atom. The summed E-state index contributed by atoms with van der Waals surface area (Å²) in [5.74, 6) is -1.22. The standard InChI is InChI=1S/C19H26IN3O9/c1-6-28-9(2)8-29-19(27)22-16-13(20)7-23(18(26)21-16)17-15(32-12(5)25)14(10(3)30-17)31-11(4)24/h7,9-10,14-15,17H,6,8H2,1-5H3,(H,21,22,26,27)/t9?,10-,14-,15-,17-/m1/s1. The van der Waals surface area contributed by atoms with Gasteiger partial charge in [0.25, 0.3) is 0 Å². The predicted octanol–water partition coefficient (Wildman–Crippen LogP) is 1.60. The van der Waals surface area contributed by atoms with Crippen molar-refractivity contribution in [2.24, 2.45) is 0 Å². The molecule has 1 aromatic rings. The minimum absolute atomic E-state index is 0.00692. The van der Waals surface area contributed by atoms with E-state index >= 15 is 0 Å². The zero-order valence-electron chi connectivity index (χ0n) is 18.3. The molecule has 0 aliphatic carbocycles. The van der Waals surface area contributed by atoms with E-state index in [-0.39, 0.29) is 18.5 Å². The summed E-state index contributed by atoms with van der Waals surface area (Å²) < 4.78 is 28.1. The third-order valence-corrected chi connectivity index (χ3v) is 5.12. The van der Waals surface area contributed by atoms with Crippen LogP contribution in [0.1, 0.15) is 40.8 Å². The summed E-state index contributed by atoms with van der Waals surface area (Å²) in [7, 11) is 0. The normalized spacial score (nSPS) is 23.3. The van der Waals surface area contributed by atoms with Gasteiger partial charge >= 0.3 is 23.7 Å². The Labute approximate surface area is 198 Å². The number of hydrogen-bond acceptors (Lipinski definition) is 10. The Hall–Kier alpha value is -2.26. The fraction of sp³-hybridized carbons (Fsp3) is 0.632. The van der Waals surface area contributed by atoms with Gasteiger partial charge in [-0.15, -0.1) is 0 Å². The first-order valence-electron chi connectivity index (χ1n) is 9.87. The highest BCUT2D eigenvalue weighted by atomic mass is 127. The Morgan fingerprint density at radius 3 is 2.47 bits per heavy atom. The van der Waals surface area contributed by atoms with Gasteiger partial charge in [-0.2, -0.15) is 4.98 Å². The first-order chi connectivity index (χ1) is 15.0. The molecule has 2 heterocycles. The van der Waals surface area contributed by atoms with Crippen molar-refractivity contribution in [2.75, 3.05) is 18.5 Å². The summed E-state index contributed by atoms with van der Waals surface area (Å²) in [5.41, 5.74) is -0.777. The number of aromatic nitrogens is 2. The summed E-state index contributed by atoms with van der Waals surface area (Å²) in [5, 5.41) is 2.41. The van der Waals surface area contributed by atoms with Gasteiger partial charge in [0.2, 0.25) is 0 Å². The number of ether oxygens (including phenoxy) is 5. The number of halogens is 1. The van der Waals surface area contributed by atoms with Crippen LogP contribution < -0.4 is 11.0 Å². The molecule has 5 atom stereocenters. The van der Waals surface area contributed by atoms with E-state index in [0.29, 0.717) is 10.2 Å². The van der Waals surface area contributed by atoms with Crippen molar-refractivity contribution in [3.05, 3.63) is 20.3 Å². The maximum atomic E-state index is 12.7. The lowest BCUT2D eigenvalue weighted by atomic mass is 10.1. The van der Waals surface area contributed by atoms with Crippen LogP contribution in [0.25, 0.3) is 0 Å². The molecule has 1 amide bonds. The average Bonchev–Trinajstić information content (AvgIpc) is 2.97. The molecule has 0 bridgehead atoms. The lowest BCUT2D eigenvalue weighted by molar-refractivity contribution is -0.165. The number of carbonyl (C=O) groups is 3. The zero-order valence-corrected chi connectivity index (χ0v) is 20.5. The topological polar surface area (TPSA) is 144 Å². The van der Waals surface area contributed by atoms with Gasteiger partial charge in [-0.1, -0.05) is 0 Å². The molecule has 0 spiro atoms. The molecule has 32 heavy (non-hydrogen) atoms. The summed E-state index contributed by atoms with van der Waals surface area (Å²) in [6.45, 7) is 8.14. The number of nitrogens with zero attached hydrogens (tertiary/aromatic N) is 2. The molecule has 178 valence electrons. The summed E-state index contributed by atoms with van der Waals surface area (Å²) in [6, 6.07) is 0. The molecule has 12 nitrogen and oxygen atoms in total. The maximum Gasteiger partial charge on any atom is 0.412 e.